The summed E-state index contributed by atoms with van der Waals surface area (Å²) in [4.78, 5) is 0. The van der Waals surface area contributed by atoms with Crippen LogP contribution in [0, 0.1) is 0 Å². The van der Waals surface area contributed by atoms with Crippen LogP contribution in [0.15, 0.2) is 24.3 Å². The van der Waals surface area contributed by atoms with Gasteiger partial charge in [-0.25, -0.2) is 0 Å². The maximum absolute atomic E-state index is 5.29. The van der Waals surface area contributed by atoms with E-state index in [1.165, 1.54) is 11.1 Å². The number of hydrogen-bond acceptors (Lipinski definition) is 1. The molecule has 0 aliphatic carbocycles. The summed E-state index contributed by atoms with van der Waals surface area (Å²) in [6.45, 7) is 4.17. The van der Waals surface area contributed by atoms with Crippen molar-refractivity contribution in [3.63, 3.8) is 0 Å². The van der Waals surface area contributed by atoms with E-state index in [-0.39, 0.29) is 0 Å². The van der Waals surface area contributed by atoms with Crippen LogP contribution in [0.1, 0.15) is 25.0 Å². The fraction of sp³-hybridized carbons (Fsp3) is 0.333. The number of allylic oxidation sites excluding steroid dienone is 1. The minimum atomic E-state index is 0.984. The third-order valence-corrected chi connectivity index (χ3v) is 2.09. The highest BCUT2D eigenvalue weighted by atomic mass is 16.5. The molecule has 0 unspecified atom stereocenters. The average Bonchev–Trinajstić information content (AvgIpc) is 2.18. The Morgan fingerprint density at radius 3 is 2.69 bits per heavy atom. The minimum Gasteiger partial charge on any atom is -0.496 e. The van der Waals surface area contributed by atoms with Gasteiger partial charge in [-0.3, -0.25) is 0 Å². The second kappa shape index (κ2) is 4.70. The van der Waals surface area contributed by atoms with Gasteiger partial charge in [-0.05, 0) is 25.0 Å². The molecule has 0 bridgehead atoms. The van der Waals surface area contributed by atoms with Gasteiger partial charge >= 0.3 is 0 Å². The molecule has 0 saturated carbocycles. The Morgan fingerprint density at radius 1 is 1.38 bits per heavy atom. The van der Waals surface area contributed by atoms with Crippen molar-refractivity contribution < 1.29 is 4.74 Å². The molecular formula is C12H16O. The summed E-state index contributed by atoms with van der Waals surface area (Å²) in [6, 6.07) is 6.14. The van der Waals surface area contributed by atoms with Crippen molar-refractivity contribution in [3.8, 4) is 5.75 Å². The minimum absolute atomic E-state index is 0.984. The van der Waals surface area contributed by atoms with Crippen LogP contribution in [0.5, 0.6) is 5.75 Å². The molecular weight excluding hydrogens is 160 g/mol. The molecule has 0 aliphatic heterocycles. The lowest BCUT2D eigenvalue weighted by molar-refractivity contribution is 0.410. The molecule has 0 saturated heterocycles. The zero-order valence-electron chi connectivity index (χ0n) is 8.50. The average molecular weight is 176 g/mol. The van der Waals surface area contributed by atoms with Crippen molar-refractivity contribution in [3.05, 3.63) is 35.4 Å². The van der Waals surface area contributed by atoms with Gasteiger partial charge in [-0.2, -0.15) is 0 Å². The van der Waals surface area contributed by atoms with Gasteiger partial charge in [-0.15, -0.1) is 0 Å². The van der Waals surface area contributed by atoms with E-state index in [1.54, 1.807) is 7.11 Å². The smallest absolute Gasteiger partial charge is 0.122 e. The number of ether oxygens (including phenoxy) is 1. The fourth-order valence-electron chi connectivity index (χ4n) is 1.49. The van der Waals surface area contributed by atoms with E-state index in [0.29, 0.717) is 0 Å². The first-order valence-corrected chi connectivity index (χ1v) is 4.62. The second-order valence-electron chi connectivity index (χ2n) is 2.88. The van der Waals surface area contributed by atoms with E-state index >= 15 is 0 Å². The Morgan fingerprint density at radius 2 is 2.15 bits per heavy atom. The SMILES string of the molecule is C/C=C/c1cccc(OC)c1CC. The zero-order valence-corrected chi connectivity index (χ0v) is 8.50. The van der Waals surface area contributed by atoms with Gasteiger partial charge in [-0.1, -0.05) is 31.2 Å². The molecule has 1 aromatic carbocycles. The van der Waals surface area contributed by atoms with Crippen molar-refractivity contribution in [1.82, 2.24) is 0 Å². The molecule has 0 aromatic heterocycles. The Bertz CT molecular complexity index is 300. The highest BCUT2D eigenvalue weighted by molar-refractivity contribution is 5.57. The molecule has 0 fully saturated rings. The maximum atomic E-state index is 5.29. The lowest BCUT2D eigenvalue weighted by Gasteiger charge is -2.09. The lowest BCUT2D eigenvalue weighted by Crippen LogP contribution is -1.92. The van der Waals surface area contributed by atoms with Crippen LogP contribution in [-0.4, -0.2) is 7.11 Å². The van der Waals surface area contributed by atoms with Gasteiger partial charge in [0.25, 0.3) is 0 Å². The predicted octanol–water partition coefficient (Wildman–Crippen LogP) is 3.29. The summed E-state index contributed by atoms with van der Waals surface area (Å²) in [5.41, 5.74) is 2.53. The van der Waals surface area contributed by atoms with Crippen LogP contribution in [-0.2, 0) is 6.42 Å². The largest absolute Gasteiger partial charge is 0.496 e. The standard InChI is InChI=1S/C12H16O/c1-4-7-10-8-6-9-12(13-3)11(10)5-2/h4,6-9H,5H2,1-3H3/b7-4+. The summed E-state index contributed by atoms with van der Waals surface area (Å²) in [5.74, 6) is 0.984. The quantitative estimate of drug-likeness (QED) is 0.686. The molecule has 0 N–H and O–H groups in total. The molecule has 0 amide bonds. The third kappa shape index (κ3) is 2.11. The Balaban J connectivity index is 3.18. The lowest BCUT2D eigenvalue weighted by atomic mass is 10.0. The first-order chi connectivity index (χ1) is 6.33. The number of benzene rings is 1. The van der Waals surface area contributed by atoms with Crippen LogP contribution in [0.4, 0.5) is 0 Å². The molecule has 0 radical (unpaired) electrons. The van der Waals surface area contributed by atoms with Crippen LogP contribution in [0.3, 0.4) is 0 Å². The van der Waals surface area contributed by atoms with Gasteiger partial charge in [0, 0.05) is 5.56 Å². The molecule has 0 aliphatic rings. The van der Waals surface area contributed by atoms with E-state index in [9.17, 15) is 0 Å². The van der Waals surface area contributed by atoms with Gasteiger partial charge < -0.3 is 4.74 Å². The predicted molar refractivity (Wildman–Crippen MR) is 57.1 cm³/mol. The summed E-state index contributed by atoms with van der Waals surface area (Å²) >= 11 is 0. The van der Waals surface area contributed by atoms with Crippen molar-refractivity contribution in [1.29, 1.82) is 0 Å². The monoisotopic (exact) mass is 176 g/mol. The molecule has 1 nitrogen and oxygen atoms in total. The Labute approximate surface area is 80.0 Å². The topological polar surface area (TPSA) is 9.23 Å². The van der Waals surface area contributed by atoms with E-state index in [1.807, 2.05) is 25.1 Å². The Hall–Kier alpha value is -1.24. The summed E-state index contributed by atoms with van der Waals surface area (Å²) in [7, 11) is 1.72. The van der Waals surface area contributed by atoms with Crippen molar-refractivity contribution in [2.24, 2.45) is 0 Å². The van der Waals surface area contributed by atoms with Crippen molar-refractivity contribution in [2.75, 3.05) is 7.11 Å². The van der Waals surface area contributed by atoms with Crippen molar-refractivity contribution in [2.45, 2.75) is 20.3 Å². The highest BCUT2D eigenvalue weighted by Gasteiger charge is 2.03. The van der Waals surface area contributed by atoms with Gasteiger partial charge in [0.05, 0.1) is 7.11 Å². The zero-order chi connectivity index (χ0) is 9.68. The van der Waals surface area contributed by atoms with E-state index in [4.69, 9.17) is 4.74 Å². The normalized spacial score (nSPS) is 10.7. The van der Waals surface area contributed by atoms with Crippen LogP contribution >= 0.6 is 0 Å². The molecule has 70 valence electrons. The third-order valence-electron chi connectivity index (χ3n) is 2.09. The summed E-state index contributed by atoms with van der Waals surface area (Å²) in [5, 5.41) is 0. The van der Waals surface area contributed by atoms with Crippen LogP contribution < -0.4 is 4.74 Å². The molecule has 13 heavy (non-hydrogen) atoms. The Kier molecular flexibility index (Phi) is 3.56. The number of hydrogen-bond donors (Lipinski definition) is 0. The van der Waals surface area contributed by atoms with Crippen LogP contribution in [0.25, 0.3) is 6.08 Å². The highest BCUT2D eigenvalue weighted by Crippen LogP contribution is 2.23. The molecule has 0 heterocycles. The maximum Gasteiger partial charge on any atom is 0.122 e. The molecule has 1 aromatic rings. The first kappa shape index (κ1) is 9.85. The number of methoxy groups -OCH3 is 1. The van der Waals surface area contributed by atoms with Gasteiger partial charge in [0.15, 0.2) is 0 Å². The van der Waals surface area contributed by atoms with E-state index < -0.39 is 0 Å². The van der Waals surface area contributed by atoms with Crippen molar-refractivity contribution >= 4 is 6.08 Å². The van der Waals surface area contributed by atoms with E-state index in [2.05, 4.69) is 19.1 Å². The summed E-state index contributed by atoms with van der Waals surface area (Å²) < 4.78 is 5.29. The second-order valence-corrected chi connectivity index (χ2v) is 2.88. The fourth-order valence-corrected chi connectivity index (χ4v) is 1.49. The van der Waals surface area contributed by atoms with Gasteiger partial charge in [0.1, 0.15) is 5.75 Å². The molecule has 1 heteroatoms. The summed E-state index contributed by atoms with van der Waals surface area (Å²) in [6.07, 6.45) is 5.17. The molecule has 0 spiro atoms. The van der Waals surface area contributed by atoms with Gasteiger partial charge in [0.2, 0.25) is 0 Å². The first-order valence-electron chi connectivity index (χ1n) is 4.62. The van der Waals surface area contributed by atoms with E-state index in [0.717, 1.165) is 12.2 Å². The molecule has 1 rings (SSSR count). The number of rotatable bonds is 3. The van der Waals surface area contributed by atoms with Crippen LogP contribution in [0.2, 0.25) is 0 Å². The molecule has 0 atom stereocenters.